The largest absolute Gasteiger partial charge is 0.495 e. The molecule has 1 heterocycles. The number of halogens is 1. The number of nitrogens with zero attached hydrogens (tertiary/aromatic N) is 1. The standard InChI is InChI=1S/C10H6FNOS/c1-13-8-5-14-9-3-2-7(11)6(4-12)10(8)9/h2-3,5H,1H3. The molecule has 0 aliphatic carbocycles. The summed E-state index contributed by atoms with van der Waals surface area (Å²) in [6.07, 6.45) is 0. The van der Waals surface area contributed by atoms with Gasteiger partial charge < -0.3 is 4.74 Å². The van der Waals surface area contributed by atoms with Crippen LogP contribution < -0.4 is 4.74 Å². The molecule has 1 aromatic carbocycles. The molecule has 0 saturated carbocycles. The predicted molar refractivity (Wildman–Crippen MR) is 53.1 cm³/mol. The van der Waals surface area contributed by atoms with Crippen LogP contribution in [0.4, 0.5) is 4.39 Å². The lowest BCUT2D eigenvalue weighted by Gasteiger charge is -1.99. The van der Waals surface area contributed by atoms with Crippen LogP contribution in [-0.2, 0) is 0 Å². The lowest BCUT2D eigenvalue weighted by atomic mass is 10.1. The Morgan fingerprint density at radius 1 is 1.50 bits per heavy atom. The van der Waals surface area contributed by atoms with Crippen LogP contribution in [0.2, 0.25) is 0 Å². The van der Waals surface area contributed by atoms with Gasteiger partial charge >= 0.3 is 0 Å². The van der Waals surface area contributed by atoms with E-state index in [2.05, 4.69) is 0 Å². The van der Waals surface area contributed by atoms with E-state index < -0.39 is 5.82 Å². The molecule has 1 aromatic heterocycles. The summed E-state index contributed by atoms with van der Waals surface area (Å²) in [4.78, 5) is 0. The fourth-order valence-electron chi connectivity index (χ4n) is 1.34. The first-order valence-electron chi connectivity index (χ1n) is 3.91. The molecule has 2 rings (SSSR count). The highest BCUT2D eigenvalue weighted by Gasteiger charge is 2.13. The van der Waals surface area contributed by atoms with E-state index in [0.717, 1.165) is 4.70 Å². The van der Waals surface area contributed by atoms with Gasteiger partial charge in [-0.2, -0.15) is 5.26 Å². The molecule has 0 unspecified atom stereocenters. The van der Waals surface area contributed by atoms with E-state index in [4.69, 9.17) is 10.00 Å². The first-order chi connectivity index (χ1) is 6.77. The maximum absolute atomic E-state index is 13.2. The number of fused-ring (bicyclic) bond motifs is 1. The number of ether oxygens (including phenoxy) is 1. The molecule has 0 spiro atoms. The first-order valence-corrected chi connectivity index (χ1v) is 4.79. The van der Waals surface area contributed by atoms with Crippen molar-refractivity contribution in [3.63, 3.8) is 0 Å². The number of hydrogen-bond donors (Lipinski definition) is 0. The van der Waals surface area contributed by atoms with Crippen LogP contribution in [0.15, 0.2) is 17.5 Å². The minimum atomic E-state index is -0.503. The summed E-state index contributed by atoms with van der Waals surface area (Å²) in [6.45, 7) is 0. The summed E-state index contributed by atoms with van der Waals surface area (Å²) >= 11 is 1.43. The van der Waals surface area contributed by atoms with Crippen molar-refractivity contribution in [2.24, 2.45) is 0 Å². The number of thiophene rings is 1. The Balaban J connectivity index is 2.90. The lowest BCUT2D eigenvalue weighted by molar-refractivity contribution is 0.421. The van der Waals surface area contributed by atoms with E-state index in [1.165, 1.54) is 24.5 Å². The Labute approximate surface area is 84.2 Å². The number of benzene rings is 1. The summed E-state index contributed by atoms with van der Waals surface area (Å²) < 4.78 is 19.2. The van der Waals surface area contributed by atoms with E-state index in [9.17, 15) is 4.39 Å². The van der Waals surface area contributed by atoms with Gasteiger partial charge in [-0.05, 0) is 12.1 Å². The van der Waals surface area contributed by atoms with Gasteiger partial charge in [0, 0.05) is 10.1 Å². The minimum Gasteiger partial charge on any atom is -0.495 e. The number of nitriles is 1. The summed E-state index contributed by atoms with van der Waals surface area (Å²) in [6, 6.07) is 4.80. The van der Waals surface area contributed by atoms with Gasteiger partial charge in [-0.25, -0.2) is 4.39 Å². The van der Waals surface area contributed by atoms with Gasteiger partial charge in [0.25, 0.3) is 0 Å². The second-order valence-corrected chi connectivity index (χ2v) is 3.62. The average molecular weight is 207 g/mol. The monoisotopic (exact) mass is 207 g/mol. The Morgan fingerprint density at radius 2 is 2.29 bits per heavy atom. The molecule has 0 bridgehead atoms. The topological polar surface area (TPSA) is 33.0 Å². The molecule has 0 fully saturated rings. The van der Waals surface area contributed by atoms with Crippen LogP contribution in [0.25, 0.3) is 10.1 Å². The maximum atomic E-state index is 13.2. The van der Waals surface area contributed by atoms with Crippen LogP contribution in [0, 0.1) is 17.1 Å². The van der Waals surface area contributed by atoms with Gasteiger partial charge in [0.2, 0.25) is 0 Å². The Bertz CT molecular complexity index is 527. The molecule has 0 aliphatic heterocycles. The second kappa shape index (κ2) is 3.28. The quantitative estimate of drug-likeness (QED) is 0.720. The van der Waals surface area contributed by atoms with Crippen LogP contribution in [0.3, 0.4) is 0 Å². The molecule has 2 aromatic rings. The van der Waals surface area contributed by atoms with Gasteiger partial charge in [-0.3, -0.25) is 0 Å². The van der Waals surface area contributed by atoms with Crippen LogP contribution in [0.5, 0.6) is 5.75 Å². The van der Waals surface area contributed by atoms with Crippen LogP contribution in [0.1, 0.15) is 5.56 Å². The minimum absolute atomic E-state index is 0.0561. The Kier molecular flexibility index (Phi) is 2.10. The zero-order valence-electron chi connectivity index (χ0n) is 7.37. The fraction of sp³-hybridized carbons (Fsp3) is 0.100. The lowest BCUT2D eigenvalue weighted by Crippen LogP contribution is -1.86. The van der Waals surface area contributed by atoms with Crippen molar-refractivity contribution in [3.05, 3.63) is 28.9 Å². The third kappa shape index (κ3) is 1.14. The van der Waals surface area contributed by atoms with Crippen molar-refractivity contribution >= 4 is 21.4 Å². The fourth-order valence-corrected chi connectivity index (χ4v) is 2.25. The molecule has 2 nitrogen and oxygen atoms in total. The summed E-state index contributed by atoms with van der Waals surface area (Å²) in [5, 5.41) is 11.2. The molecule has 14 heavy (non-hydrogen) atoms. The van der Waals surface area contributed by atoms with Crippen molar-refractivity contribution in [3.8, 4) is 11.8 Å². The normalized spacial score (nSPS) is 10.1. The van der Waals surface area contributed by atoms with Crippen molar-refractivity contribution < 1.29 is 9.13 Å². The van der Waals surface area contributed by atoms with Gasteiger partial charge in [0.1, 0.15) is 23.2 Å². The maximum Gasteiger partial charge on any atom is 0.141 e. The molecule has 0 saturated heterocycles. The highest BCUT2D eigenvalue weighted by molar-refractivity contribution is 7.17. The molecule has 0 radical (unpaired) electrons. The Morgan fingerprint density at radius 3 is 2.93 bits per heavy atom. The average Bonchev–Trinajstić information content (AvgIpc) is 2.61. The predicted octanol–water partition coefficient (Wildman–Crippen LogP) is 2.92. The third-order valence-corrected chi connectivity index (χ3v) is 2.91. The van der Waals surface area contributed by atoms with E-state index in [1.807, 2.05) is 6.07 Å². The summed E-state index contributed by atoms with van der Waals surface area (Å²) in [5.41, 5.74) is 0.0561. The summed E-state index contributed by atoms with van der Waals surface area (Å²) in [5.74, 6) is 0.0535. The van der Waals surface area contributed by atoms with Gasteiger partial charge in [-0.15, -0.1) is 11.3 Å². The van der Waals surface area contributed by atoms with Gasteiger partial charge in [-0.1, -0.05) is 0 Å². The third-order valence-electron chi connectivity index (χ3n) is 1.99. The molecule has 0 amide bonds. The van der Waals surface area contributed by atoms with Crippen LogP contribution >= 0.6 is 11.3 Å². The highest BCUT2D eigenvalue weighted by atomic mass is 32.1. The number of rotatable bonds is 1. The van der Waals surface area contributed by atoms with Crippen LogP contribution in [-0.4, -0.2) is 7.11 Å². The molecule has 70 valence electrons. The molecule has 0 N–H and O–H groups in total. The zero-order chi connectivity index (χ0) is 10.1. The smallest absolute Gasteiger partial charge is 0.141 e. The molecule has 0 aliphatic rings. The molecule has 4 heteroatoms. The van der Waals surface area contributed by atoms with Crippen molar-refractivity contribution in [1.82, 2.24) is 0 Å². The van der Waals surface area contributed by atoms with E-state index in [1.54, 1.807) is 11.4 Å². The zero-order valence-corrected chi connectivity index (χ0v) is 8.19. The van der Waals surface area contributed by atoms with E-state index in [0.29, 0.717) is 11.1 Å². The summed E-state index contributed by atoms with van der Waals surface area (Å²) in [7, 11) is 1.51. The SMILES string of the molecule is COc1csc2ccc(F)c(C#N)c12. The first kappa shape index (κ1) is 8.97. The van der Waals surface area contributed by atoms with Gasteiger partial charge in [0.05, 0.1) is 12.5 Å². The Hall–Kier alpha value is -1.60. The molecular formula is C10H6FNOS. The van der Waals surface area contributed by atoms with Crippen molar-refractivity contribution in [2.45, 2.75) is 0 Å². The second-order valence-electron chi connectivity index (χ2n) is 2.71. The molecule has 0 atom stereocenters. The highest BCUT2D eigenvalue weighted by Crippen LogP contribution is 2.35. The van der Waals surface area contributed by atoms with E-state index in [-0.39, 0.29) is 5.56 Å². The van der Waals surface area contributed by atoms with E-state index >= 15 is 0 Å². The van der Waals surface area contributed by atoms with Gasteiger partial charge in [0.15, 0.2) is 0 Å². The van der Waals surface area contributed by atoms with Crippen molar-refractivity contribution in [2.75, 3.05) is 7.11 Å². The molecular weight excluding hydrogens is 201 g/mol. The number of methoxy groups -OCH3 is 1. The number of hydrogen-bond acceptors (Lipinski definition) is 3. The van der Waals surface area contributed by atoms with Crippen molar-refractivity contribution in [1.29, 1.82) is 5.26 Å².